The van der Waals surface area contributed by atoms with E-state index in [1.54, 1.807) is 20.3 Å². The number of carbonyl (C=O) groups is 1. The summed E-state index contributed by atoms with van der Waals surface area (Å²) in [4.78, 5) is 12.9. The van der Waals surface area contributed by atoms with Gasteiger partial charge in [-0.05, 0) is 31.4 Å². The number of rotatable bonds is 5. The summed E-state index contributed by atoms with van der Waals surface area (Å²) in [6, 6.07) is 5.44. The van der Waals surface area contributed by atoms with Gasteiger partial charge in [0.15, 0.2) is 5.78 Å². The summed E-state index contributed by atoms with van der Waals surface area (Å²) in [5, 5.41) is 0. The lowest BCUT2D eigenvalue weighted by Gasteiger charge is -2.26. The molecule has 1 aliphatic rings. The van der Waals surface area contributed by atoms with E-state index in [2.05, 4.69) is 6.92 Å². The van der Waals surface area contributed by atoms with Crippen molar-refractivity contribution in [3.05, 3.63) is 23.8 Å². The van der Waals surface area contributed by atoms with Crippen molar-refractivity contribution < 1.29 is 14.3 Å². The Hall–Kier alpha value is -1.51. The van der Waals surface area contributed by atoms with E-state index in [0.717, 1.165) is 32.1 Å². The quantitative estimate of drug-likeness (QED) is 0.756. The number of hydrogen-bond donors (Lipinski definition) is 0. The van der Waals surface area contributed by atoms with Crippen LogP contribution in [0.1, 0.15) is 49.4 Å². The fourth-order valence-electron chi connectivity index (χ4n) is 3.06. The molecule has 1 aromatic carbocycles. The molecule has 0 bridgehead atoms. The molecule has 0 heterocycles. The van der Waals surface area contributed by atoms with Gasteiger partial charge < -0.3 is 9.47 Å². The van der Waals surface area contributed by atoms with E-state index in [9.17, 15) is 4.79 Å². The lowest BCUT2D eigenvalue weighted by atomic mass is 9.76. The number of ether oxygens (including phenoxy) is 2. The first-order chi connectivity index (χ1) is 9.16. The summed E-state index contributed by atoms with van der Waals surface area (Å²) in [6.07, 6.45) is 5.20. The number of Topliss-reactive ketones (excluding diaryl/α,β-unsaturated/α-hetero) is 1. The fourth-order valence-corrected chi connectivity index (χ4v) is 3.06. The molecule has 0 radical (unpaired) electrons. The first kappa shape index (κ1) is 13.9. The van der Waals surface area contributed by atoms with Crippen molar-refractivity contribution in [1.29, 1.82) is 0 Å². The Morgan fingerprint density at radius 2 is 1.89 bits per heavy atom. The predicted octanol–water partition coefficient (Wildman–Crippen LogP) is 3.86. The van der Waals surface area contributed by atoms with Gasteiger partial charge in [-0.3, -0.25) is 4.79 Å². The topological polar surface area (TPSA) is 35.5 Å². The normalized spacial score (nSPS) is 17.2. The molecule has 1 aromatic rings. The highest BCUT2D eigenvalue weighted by Crippen LogP contribution is 2.45. The van der Waals surface area contributed by atoms with Crippen molar-refractivity contribution in [3.63, 3.8) is 0 Å². The molecule has 3 heteroatoms. The van der Waals surface area contributed by atoms with Crippen LogP contribution in [-0.2, 0) is 0 Å². The van der Waals surface area contributed by atoms with Gasteiger partial charge in [-0.1, -0.05) is 19.8 Å². The minimum atomic E-state index is -0.179. The molecule has 1 fully saturated rings. The van der Waals surface area contributed by atoms with Crippen molar-refractivity contribution in [3.8, 4) is 11.5 Å². The van der Waals surface area contributed by atoms with Crippen LogP contribution in [0, 0.1) is 5.41 Å². The van der Waals surface area contributed by atoms with Crippen LogP contribution in [0.4, 0.5) is 0 Å². The second-order valence-corrected chi connectivity index (χ2v) is 5.24. The standard InChI is InChI=1S/C16H22O3/c1-4-16(9-5-6-10-16)15(17)13-8-7-12(18-2)11-14(13)19-3/h7-8,11H,4-6,9-10H2,1-3H3. The monoisotopic (exact) mass is 262 g/mol. The summed E-state index contributed by atoms with van der Waals surface area (Å²) in [5.74, 6) is 1.56. The maximum Gasteiger partial charge on any atom is 0.172 e. The molecule has 2 rings (SSSR count). The molecule has 1 saturated carbocycles. The maximum atomic E-state index is 12.9. The third kappa shape index (κ3) is 2.46. The van der Waals surface area contributed by atoms with Crippen LogP contribution in [0.5, 0.6) is 11.5 Å². The number of hydrogen-bond acceptors (Lipinski definition) is 3. The van der Waals surface area contributed by atoms with E-state index in [4.69, 9.17) is 9.47 Å². The molecule has 0 aromatic heterocycles. The Kier molecular flexibility index (Phi) is 4.13. The zero-order valence-corrected chi connectivity index (χ0v) is 12.0. The van der Waals surface area contributed by atoms with Gasteiger partial charge in [-0.25, -0.2) is 0 Å². The molecule has 3 nitrogen and oxygen atoms in total. The van der Waals surface area contributed by atoms with E-state index in [-0.39, 0.29) is 11.2 Å². The Morgan fingerprint density at radius 3 is 2.42 bits per heavy atom. The van der Waals surface area contributed by atoms with Crippen LogP contribution in [0.2, 0.25) is 0 Å². The molecule has 0 aliphatic heterocycles. The minimum absolute atomic E-state index is 0.179. The molecular weight excluding hydrogens is 240 g/mol. The third-order valence-corrected chi connectivity index (χ3v) is 4.37. The molecule has 0 amide bonds. The van der Waals surface area contributed by atoms with E-state index >= 15 is 0 Å². The molecule has 0 N–H and O–H groups in total. The summed E-state index contributed by atoms with van der Waals surface area (Å²) >= 11 is 0. The van der Waals surface area contributed by atoms with Crippen LogP contribution < -0.4 is 9.47 Å². The van der Waals surface area contributed by atoms with Gasteiger partial charge in [0, 0.05) is 11.5 Å². The van der Waals surface area contributed by atoms with Gasteiger partial charge in [-0.2, -0.15) is 0 Å². The van der Waals surface area contributed by atoms with E-state index < -0.39 is 0 Å². The van der Waals surface area contributed by atoms with Gasteiger partial charge in [0.25, 0.3) is 0 Å². The zero-order valence-electron chi connectivity index (χ0n) is 12.0. The van der Waals surface area contributed by atoms with Crippen LogP contribution in [0.25, 0.3) is 0 Å². The Balaban J connectivity index is 2.37. The summed E-state index contributed by atoms with van der Waals surface area (Å²) in [5.41, 5.74) is 0.508. The van der Waals surface area contributed by atoms with Crippen molar-refractivity contribution in [2.75, 3.05) is 14.2 Å². The zero-order chi connectivity index (χ0) is 13.9. The van der Waals surface area contributed by atoms with Crippen molar-refractivity contribution in [2.24, 2.45) is 5.41 Å². The highest BCUT2D eigenvalue weighted by Gasteiger charge is 2.40. The Labute approximate surface area is 114 Å². The number of benzene rings is 1. The van der Waals surface area contributed by atoms with E-state index in [1.165, 1.54) is 0 Å². The minimum Gasteiger partial charge on any atom is -0.497 e. The molecule has 0 atom stereocenters. The van der Waals surface area contributed by atoms with Gasteiger partial charge >= 0.3 is 0 Å². The largest absolute Gasteiger partial charge is 0.497 e. The number of carbonyl (C=O) groups excluding carboxylic acids is 1. The lowest BCUT2D eigenvalue weighted by molar-refractivity contribution is 0.0788. The van der Waals surface area contributed by atoms with Crippen LogP contribution in [0.3, 0.4) is 0 Å². The van der Waals surface area contributed by atoms with Crippen LogP contribution in [-0.4, -0.2) is 20.0 Å². The second kappa shape index (κ2) is 5.64. The molecule has 0 saturated heterocycles. The Bertz CT molecular complexity index is 459. The van der Waals surface area contributed by atoms with Gasteiger partial charge in [0.2, 0.25) is 0 Å². The average molecular weight is 262 g/mol. The summed E-state index contributed by atoms with van der Waals surface area (Å²) < 4.78 is 10.5. The van der Waals surface area contributed by atoms with Crippen molar-refractivity contribution in [1.82, 2.24) is 0 Å². The summed E-state index contributed by atoms with van der Waals surface area (Å²) in [7, 11) is 3.21. The first-order valence-electron chi connectivity index (χ1n) is 6.93. The second-order valence-electron chi connectivity index (χ2n) is 5.24. The van der Waals surface area contributed by atoms with E-state index in [0.29, 0.717) is 17.1 Å². The third-order valence-electron chi connectivity index (χ3n) is 4.37. The molecule has 0 unspecified atom stereocenters. The van der Waals surface area contributed by atoms with Gasteiger partial charge in [0.05, 0.1) is 19.8 Å². The van der Waals surface area contributed by atoms with Gasteiger partial charge in [0.1, 0.15) is 11.5 Å². The number of ketones is 1. The summed E-state index contributed by atoms with van der Waals surface area (Å²) in [6.45, 7) is 2.11. The fraction of sp³-hybridized carbons (Fsp3) is 0.562. The van der Waals surface area contributed by atoms with Crippen molar-refractivity contribution >= 4 is 5.78 Å². The van der Waals surface area contributed by atoms with Crippen molar-refractivity contribution in [2.45, 2.75) is 39.0 Å². The predicted molar refractivity (Wildman–Crippen MR) is 75.1 cm³/mol. The average Bonchev–Trinajstić information content (AvgIpc) is 2.95. The van der Waals surface area contributed by atoms with Gasteiger partial charge in [-0.15, -0.1) is 0 Å². The molecule has 19 heavy (non-hydrogen) atoms. The Morgan fingerprint density at radius 1 is 1.21 bits per heavy atom. The van der Waals surface area contributed by atoms with Crippen LogP contribution >= 0.6 is 0 Å². The van der Waals surface area contributed by atoms with Crippen LogP contribution in [0.15, 0.2) is 18.2 Å². The lowest BCUT2D eigenvalue weighted by Crippen LogP contribution is -2.27. The van der Waals surface area contributed by atoms with E-state index in [1.807, 2.05) is 12.1 Å². The number of methoxy groups -OCH3 is 2. The molecule has 104 valence electrons. The first-order valence-corrected chi connectivity index (χ1v) is 6.93. The highest BCUT2D eigenvalue weighted by atomic mass is 16.5. The molecule has 1 aliphatic carbocycles. The smallest absolute Gasteiger partial charge is 0.172 e. The highest BCUT2D eigenvalue weighted by molar-refractivity contribution is 6.03. The molecular formula is C16H22O3. The SMILES string of the molecule is CCC1(C(=O)c2ccc(OC)cc2OC)CCCC1. The maximum absolute atomic E-state index is 12.9. The molecule has 0 spiro atoms.